The molecule has 21 heavy (non-hydrogen) atoms. The Hall–Kier alpha value is -1.21. The van der Waals surface area contributed by atoms with Crippen LogP contribution in [0.1, 0.15) is 13.3 Å². The summed E-state index contributed by atoms with van der Waals surface area (Å²) in [7, 11) is 3.99. The monoisotopic (exact) mass is 311 g/mol. The van der Waals surface area contributed by atoms with Crippen LogP contribution in [0.15, 0.2) is 4.90 Å². The Bertz CT molecular complexity index is 463. The van der Waals surface area contributed by atoms with E-state index in [1.807, 2.05) is 7.05 Å². The Morgan fingerprint density at radius 2 is 1.95 bits per heavy atom. The van der Waals surface area contributed by atoms with E-state index in [9.17, 15) is 0 Å². The zero-order valence-corrected chi connectivity index (χ0v) is 14.2. The molecule has 1 aliphatic heterocycles. The topological polar surface area (TPSA) is 53.5 Å². The van der Waals surface area contributed by atoms with E-state index < -0.39 is 0 Å². The number of piperazine rings is 1. The lowest BCUT2D eigenvalue weighted by atomic mass is 10.3. The van der Waals surface area contributed by atoms with Crippen LogP contribution in [0.25, 0.3) is 0 Å². The second kappa shape index (κ2) is 7.70. The Morgan fingerprint density at radius 1 is 1.24 bits per heavy atom. The van der Waals surface area contributed by atoms with Crippen molar-refractivity contribution in [2.75, 3.05) is 63.4 Å². The van der Waals surface area contributed by atoms with Crippen molar-refractivity contribution < 1.29 is 4.74 Å². The molecule has 0 spiro atoms. The third kappa shape index (κ3) is 3.91. The van der Waals surface area contributed by atoms with Crippen molar-refractivity contribution in [1.29, 1.82) is 0 Å². The van der Waals surface area contributed by atoms with E-state index in [-0.39, 0.29) is 0 Å². The van der Waals surface area contributed by atoms with Gasteiger partial charge in [0.1, 0.15) is 4.90 Å². The van der Waals surface area contributed by atoms with Gasteiger partial charge in [0, 0.05) is 33.2 Å². The smallest absolute Gasteiger partial charge is 0.234 e. The van der Waals surface area contributed by atoms with Crippen LogP contribution in [0, 0.1) is 0 Å². The second-order valence-corrected chi connectivity index (χ2v) is 5.91. The zero-order chi connectivity index (χ0) is 15.2. The first-order valence-electron chi connectivity index (χ1n) is 7.39. The van der Waals surface area contributed by atoms with E-state index in [2.05, 4.69) is 45.3 Å². The number of nitrogens with zero attached hydrogens (tertiary/aromatic N) is 4. The minimum Gasteiger partial charge on any atom is -0.477 e. The summed E-state index contributed by atoms with van der Waals surface area (Å²) in [6, 6.07) is 0. The number of rotatable bonds is 6. The summed E-state index contributed by atoms with van der Waals surface area (Å²) in [6.07, 6.45) is 3.02. The van der Waals surface area contributed by atoms with Crippen LogP contribution < -0.4 is 15.0 Å². The number of hydrogen-bond acceptors (Lipinski definition) is 7. The fourth-order valence-electron chi connectivity index (χ4n) is 2.24. The average Bonchev–Trinajstić information content (AvgIpc) is 2.52. The molecule has 0 aromatic carbocycles. The number of likely N-dealkylation sites (N-methyl/N-ethyl adjacent to an activating group) is 1. The molecule has 7 heteroatoms. The highest BCUT2D eigenvalue weighted by atomic mass is 32.2. The number of anilines is 2. The highest BCUT2D eigenvalue weighted by Gasteiger charge is 2.22. The molecule has 0 aliphatic carbocycles. The molecule has 1 N–H and O–H groups in total. The summed E-state index contributed by atoms with van der Waals surface area (Å²) in [5.41, 5.74) is 0. The van der Waals surface area contributed by atoms with Gasteiger partial charge >= 0.3 is 0 Å². The fraction of sp³-hybridized carbons (Fsp3) is 0.714. The summed E-state index contributed by atoms with van der Waals surface area (Å²) in [5, 5.41) is 3.03. The maximum atomic E-state index is 5.82. The third-order valence-corrected chi connectivity index (χ3v) is 4.26. The number of nitrogens with one attached hydrogen (secondary N) is 1. The maximum absolute atomic E-state index is 5.82. The quantitative estimate of drug-likeness (QED) is 0.804. The molecule has 1 fully saturated rings. The summed E-state index contributed by atoms with van der Waals surface area (Å²) in [6.45, 7) is 6.85. The zero-order valence-electron chi connectivity index (χ0n) is 13.3. The molecule has 118 valence electrons. The SMILES string of the molecule is CCCOc1nc(NC)nc(N2CCN(C)CC2)c1SC. The van der Waals surface area contributed by atoms with Crippen LogP contribution in [0.2, 0.25) is 0 Å². The molecule has 0 radical (unpaired) electrons. The molecule has 1 saturated heterocycles. The number of hydrogen-bond donors (Lipinski definition) is 1. The number of thioether (sulfide) groups is 1. The Morgan fingerprint density at radius 3 is 2.52 bits per heavy atom. The Kier molecular flexibility index (Phi) is 5.93. The molecule has 2 heterocycles. The summed E-state index contributed by atoms with van der Waals surface area (Å²) in [4.78, 5) is 14.8. The summed E-state index contributed by atoms with van der Waals surface area (Å²) >= 11 is 1.65. The normalized spacial score (nSPS) is 16.1. The van der Waals surface area contributed by atoms with Crippen LogP contribution in [0.4, 0.5) is 11.8 Å². The second-order valence-electron chi connectivity index (χ2n) is 5.10. The molecular formula is C14H25N5OS. The van der Waals surface area contributed by atoms with Crippen molar-refractivity contribution in [3.8, 4) is 5.88 Å². The summed E-state index contributed by atoms with van der Waals surface area (Å²) in [5.74, 6) is 2.30. The van der Waals surface area contributed by atoms with Gasteiger partial charge in [0.05, 0.1) is 6.61 Å². The molecule has 1 aliphatic rings. The van der Waals surface area contributed by atoms with Crippen molar-refractivity contribution in [2.45, 2.75) is 18.2 Å². The molecule has 2 rings (SSSR count). The van der Waals surface area contributed by atoms with Gasteiger partial charge in [-0.3, -0.25) is 0 Å². The molecule has 1 aromatic rings. The molecule has 0 unspecified atom stereocenters. The highest BCUT2D eigenvalue weighted by molar-refractivity contribution is 7.98. The van der Waals surface area contributed by atoms with Gasteiger partial charge in [-0.25, -0.2) is 0 Å². The van der Waals surface area contributed by atoms with Crippen molar-refractivity contribution in [3.05, 3.63) is 0 Å². The molecule has 0 bridgehead atoms. The predicted molar refractivity (Wildman–Crippen MR) is 88.9 cm³/mol. The lowest BCUT2D eigenvalue weighted by Crippen LogP contribution is -2.45. The molecule has 0 saturated carbocycles. The Labute approximate surface area is 131 Å². The van der Waals surface area contributed by atoms with Gasteiger partial charge < -0.3 is 19.9 Å². The van der Waals surface area contributed by atoms with Crippen molar-refractivity contribution in [3.63, 3.8) is 0 Å². The number of aromatic nitrogens is 2. The lowest BCUT2D eigenvalue weighted by molar-refractivity contribution is 0.294. The molecule has 1 aromatic heterocycles. The van der Waals surface area contributed by atoms with Crippen molar-refractivity contribution >= 4 is 23.5 Å². The van der Waals surface area contributed by atoms with E-state index in [4.69, 9.17) is 4.74 Å². The Balaban J connectivity index is 2.32. The van der Waals surface area contributed by atoms with Crippen LogP contribution in [-0.4, -0.2) is 68.0 Å². The van der Waals surface area contributed by atoms with Crippen LogP contribution in [0.3, 0.4) is 0 Å². The molecule has 0 amide bonds. The largest absolute Gasteiger partial charge is 0.477 e. The first-order chi connectivity index (χ1) is 10.2. The average molecular weight is 311 g/mol. The molecule has 0 atom stereocenters. The van der Waals surface area contributed by atoms with Gasteiger partial charge in [0.2, 0.25) is 11.8 Å². The standard InChI is InChI=1S/C14H25N5OS/c1-5-10-20-13-11(21-4)12(16-14(15-2)17-13)19-8-6-18(3)7-9-19/h5-10H2,1-4H3,(H,15,16,17). The fourth-order valence-corrected chi connectivity index (χ4v) is 2.87. The van der Waals surface area contributed by atoms with E-state index in [1.54, 1.807) is 11.8 Å². The van der Waals surface area contributed by atoms with E-state index in [0.717, 1.165) is 43.3 Å². The van der Waals surface area contributed by atoms with E-state index in [1.165, 1.54) is 0 Å². The molecular weight excluding hydrogens is 286 g/mol. The van der Waals surface area contributed by atoms with Crippen LogP contribution >= 0.6 is 11.8 Å². The minimum absolute atomic E-state index is 0.618. The van der Waals surface area contributed by atoms with Gasteiger partial charge in [0.25, 0.3) is 0 Å². The maximum Gasteiger partial charge on any atom is 0.234 e. The van der Waals surface area contributed by atoms with Gasteiger partial charge in [-0.05, 0) is 19.7 Å². The van der Waals surface area contributed by atoms with Gasteiger partial charge in [-0.15, -0.1) is 11.8 Å². The van der Waals surface area contributed by atoms with Gasteiger partial charge in [0.15, 0.2) is 5.82 Å². The first-order valence-corrected chi connectivity index (χ1v) is 8.62. The van der Waals surface area contributed by atoms with E-state index >= 15 is 0 Å². The van der Waals surface area contributed by atoms with E-state index in [0.29, 0.717) is 18.4 Å². The first kappa shape index (κ1) is 16.2. The van der Waals surface area contributed by atoms with Crippen molar-refractivity contribution in [2.24, 2.45) is 0 Å². The lowest BCUT2D eigenvalue weighted by Gasteiger charge is -2.34. The molecule has 6 nitrogen and oxygen atoms in total. The highest BCUT2D eigenvalue weighted by Crippen LogP contribution is 2.35. The van der Waals surface area contributed by atoms with Crippen molar-refractivity contribution in [1.82, 2.24) is 14.9 Å². The number of ether oxygens (including phenoxy) is 1. The minimum atomic E-state index is 0.618. The van der Waals surface area contributed by atoms with Gasteiger partial charge in [-0.1, -0.05) is 6.92 Å². The third-order valence-electron chi connectivity index (χ3n) is 3.49. The van der Waals surface area contributed by atoms with Crippen LogP contribution in [0.5, 0.6) is 5.88 Å². The predicted octanol–water partition coefficient (Wildman–Crippen LogP) is 1.78. The van der Waals surface area contributed by atoms with Crippen LogP contribution in [-0.2, 0) is 0 Å². The van der Waals surface area contributed by atoms with Gasteiger partial charge in [-0.2, -0.15) is 9.97 Å². The summed E-state index contributed by atoms with van der Waals surface area (Å²) < 4.78 is 5.82.